The summed E-state index contributed by atoms with van der Waals surface area (Å²) in [6, 6.07) is 11.3. The third kappa shape index (κ3) is 4.17. The van der Waals surface area contributed by atoms with Crippen LogP contribution in [-0.4, -0.2) is 23.8 Å². The number of carbonyl (C=O) groups excluding carboxylic acids is 2. The Hall–Kier alpha value is -3.41. The molecule has 2 heterocycles. The van der Waals surface area contributed by atoms with Crippen LogP contribution in [0, 0.1) is 12.3 Å². The Balaban J connectivity index is 1.79. The first-order valence-electron chi connectivity index (χ1n) is 10.8. The van der Waals surface area contributed by atoms with Crippen LogP contribution in [0.15, 0.2) is 65.1 Å². The van der Waals surface area contributed by atoms with Crippen molar-refractivity contribution in [2.45, 2.75) is 46.5 Å². The summed E-state index contributed by atoms with van der Waals surface area (Å²) in [5.41, 5.74) is 4.65. The highest BCUT2D eigenvalue weighted by atomic mass is 16.5. The maximum Gasteiger partial charge on any atom is 0.255 e. The Morgan fingerprint density at radius 2 is 1.84 bits per heavy atom. The fourth-order valence-corrected chi connectivity index (χ4v) is 4.59. The van der Waals surface area contributed by atoms with Crippen molar-refractivity contribution in [2.24, 2.45) is 5.41 Å². The number of aryl methyl sites for hydroxylation is 1. The number of pyridine rings is 1. The lowest BCUT2D eigenvalue weighted by molar-refractivity contribution is -0.118. The number of ether oxygens (including phenoxy) is 1. The van der Waals surface area contributed by atoms with Crippen LogP contribution < -0.4 is 15.4 Å². The van der Waals surface area contributed by atoms with Gasteiger partial charge in [-0.25, -0.2) is 4.98 Å². The SMILES string of the molecule is COc1ccc([C@H]2C(C(=O)Nc3ccc(C)cn3)=C(C)NC3=C2C(=O)CC(C)(C)C3)cc1. The molecule has 166 valence electrons. The number of aromatic nitrogens is 1. The fourth-order valence-electron chi connectivity index (χ4n) is 4.59. The van der Waals surface area contributed by atoms with Crippen molar-refractivity contribution in [1.82, 2.24) is 10.3 Å². The molecule has 4 rings (SSSR count). The van der Waals surface area contributed by atoms with Crippen molar-refractivity contribution in [3.05, 3.63) is 76.3 Å². The van der Waals surface area contributed by atoms with Gasteiger partial charge in [0, 0.05) is 41.1 Å². The van der Waals surface area contributed by atoms with E-state index in [2.05, 4.69) is 29.5 Å². The molecular formula is C26H29N3O3. The van der Waals surface area contributed by atoms with Crippen molar-refractivity contribution < 1.29 is 14.3 Å². The van der Waals surface area contributed by atoms with E-state index in [9.17, 15) is 9.59 Å². The molecule has 0 fully saturated rings. The number of rotatable bonds is 4. The summed E-state index contributed by atoms with van der Waals surface area (Å²) in [5.74, 6) is 0.562. The lowest BCUT2D eigenvalue weighted by atomic mass is 9.68. The smallest absolute Gasteiger partial charge is 0.255 e. The van der Waals surface area contributed by atoms with Crippen LogP contribution >= 0.6 is 0 Å². The van der Waals surface area contributed by atoms with E-state index in [4.69, 9.17) is 4.74 Å². The first-order valence-corrected chi connectivity index (χ1v) is 10.8. The third-order valence-corrected chi connectivity index (χ3v) is 6.09. The Bertz CT molecular complexity index is 1130. The minimum Gasteiger partial charge on any atom is -0.497 e. The van der Waals surface area contributed by atoms with Gasteiger partial charge in [0.2, 0.25) is 0 Å². The number of nitrogens with one attached hydrogen (secondary N) is 2. The number of amides is 1. The van der Waals surface area contributed by atoms with E-state index < -0.39 is 5.92 Å². The van der Waals surface area contributed by atoms with E-state index in [0.717, 1.165) is 34.7 Å². The second kappa shape index (κ2) is 8.26. The summed E-state index contributed by atoms with van der Waals surface area (Å²) in [6.07, 6.45) is 2.92. The predicted octanol–water partition coefficient (Wildman–Crippen LogP) is 4.64. The van der Waals surface area contributed by atoms with Crippen molar-refractivity contribution >= 4 is 17.5 Å². The lowest BCUT2D eigenvalue weighted by Gasteiger charge is -2.39. The van der Waals surface area contributed by atoms with Crippen LogP contribution in [0.2, 0.25) is 0 Å². The van der Waals surface area contributed by atoms with Gasteiger partial charge in [-0.15, -0.1) is 0 Å². The highest BCUT2D eigenvalue weighted by molar-refractivity contribution is 6.09. The molecule has 1 aliphatic carbocycles. The Labute approximate surface area is 188 Å². The number of ketones is 1. The zero-order chi connectivity index (χ0) is 23.0. The molecule has 2 aliphatic rings. The molecule has 0 unspecified atom stereocenters. The second-order valence-corrected chi connectivity index (χ2v) is 9.38. The van der Waals surface area contributed by atoms with Gasteiger partial charge in [-0.3, -0.25) is 9.59 Å². The lowest BCUT2D eigenvalue weighted by Crippen LogP contribution is -2.39. The molecule has 1 amide bonds. The van der Waals surface area contributed by atoms with Gasteiger partial charge in [-0.05, 0) is 55.0 Å². The molecule has 0 bridgehead atoms. The van der Waals surface area contributed by atoms with Gasteiger partial charge in [0.1, 0.15) is 11.6 Å². The monoisotopic (exact) mass is 431 g/mol. The van der Waals surface area contributed by atoms with Crippen molar-refractivity contribution in [3.63, 3.8) is 0 Å². The van der Waals surface area contributed by atoms with Crippen molar-refractivity contribution in [2.75, 3.05) is 12.4 Å². The van der Waals surface area contributed by atoms with Gasteiger partial charge >= 0.3 is 0 Å². The van der Waals surface area contributed by atoms with E-state index in [1.165, 1.54) is 0 Å². The maximum absolute atomic E-state index is 13.5. The quantitative estimate of drug-likeness (QED) is 0.737. The van der Waals surface area contributed by atoms with Gasteiger partial charge in [0.05, 0.1) is 7.11 Å². The van der Waals surface area contributed by atoms with Crippen LogP contribution in [0.1, 0.15) is 50.7 Å². The second-order valence-electron chi connectivity index (χ2n) is 9.38. The standard InChI is InChI=1S/C26H29N3O3/c1-15-6-11-21(27-14-15)29-25(31)22-16(2)28-19-12-26(3,4)13-20(30)24(19)23(22)17-7-9-18(32-5)10-8-17/h6-11,14,23,28H,12-13H2,1-5H3,(H,27,29,31)/t23-/m0/s1. The van der Waals surface area contributed by atoms with Gasteiger partial charge in [-0.2, -0.15) is 0 Å². The Morgan fingerprint density at radius 3 is 2.47 bits per heavy atom. The minimum absolute atomic E-state index is 0.0795. The number of allylic oxidation sites excluding steroid dienone is 3. The highest BCUT2D eigenvalue weighted by Crippen LogP contribution is 2.46. The minimum atomic E-state index is -0.453. The van der Waals surface area contributed by atoms with Crippen molar-refractivity contribution in [1.29, 1.82) is 0 Å². The van der Waals surface area contributed by atoms with Crippen LogP contribution in [-0.2, 0) is 9.59 Å². The molecule has 0 saturated carbocycles. The van der Waals surface area contributed by atoms with Gasteiger partial charge in [0.25, 0.3) is 5.91 Å². The van der Waals surface area contributed by atoms with E-state index in [-0.39, 0.29) is 17.1 Å². The largest absolute Gasteiger partial charge is 0.497 e. The van der Waals surface area contributed by atoms with Crippen LogP contribution in [0.25, 0.3) is 0 Å². The van der Waals surface area contributed by atoms with Gasteiger partial charge < -0.3 is 15.4 Å². The molecule has 0 spiro atoms. The highest BCUT2D eigenvalue weighted by Gasteiger charge is 2.42. The fraction of sp³-hybridized carbons (Fsp3) is 0.346. The van der Waals surface area contributed by atoms with E-state index in [1.807, 2.05) is 44.2 Å². The van der Waals surface area contributed by atoms with Crippen LogP contribution in [0.3, 0.4) is 0 Å². The number of benzene rings is 1. The zero-order valence-electron chi connectivity index (χ0n) is 19.2. The summed E-state index contributed by atoms with van der Waals surface area (Å²) in [6.45, 7) is 8.04. The molecule has 0 radical (unpaired) electrons. The number of nitrogens with zero attached hydrogens (tertiary/aromatic N) is 1. The van der Waals surface area contributed by atoms with Crippen LogP contribution in [0.5, 0.6) is 5.75 Å². The van der Waals surface area contributed by atoms with Crippen LogP contribution in [0.4, 0.5) is 5.82 Å². The summed E-state index contributed by atoms with van der Waals surface area (Å²) >= 11 is 0. The number of methoxy groups -OCH3 is 1. The van der Waals surface area contributed by atoms with Gasteiger partial charge in [0.15, 0.2) is 5.78 Å². The average molecular weight is 432 g/mol. The zero-order valence-corrected chi connectivity index (χ0v) is 19.2. The first kappa shape index (κ1) is 21.8. The molecular weight excluding hydrogens is 402 g/mol. The average Bonchev–Trinajstić information content (AvgIpc) is 2.73. The summed E-state index contributed by atoms with van der Waals surface area (Å²) in [5, 5.41) is 6.30. The molecule has 32 heavy (non-hydrogen) atoms. The van der Waals surface area contributed by atoms with E-state index >= 15 is 0 Å². The van der Waals surface area contributed by atoms with E-state index in [0.29, 0.717) is 23.4 Å². The van der Waals surface area contributed by atoms with E-state index in [1.54, 1.807) is 19.4 Å². The van der Waals surface area contributed by atoms with Crippen molar-refractivity contribution in [3.8, 4) is 5.75 Å². The topological polar surface area (TPSA) is 80.3 Å². The number of hydrogen-bond donors (Lipinski definition) is 2. The summed E-state index contributed by atoms with van der Waals surface area (Å²) in [4.78, 5) is 31.1. The molecule has 6 heteroatoms. The molecule has 2 aromatic rings. The number of hydrogen-bond acceptors (Lipinski definition) is 5. The number of dihydropyridines is 1. The molecule has 6 nitrogen and oxygen atoms in total. The summed E-state index contributed by atoms with van der Waals surface area (Å²) < 4.78 is 5.30. The molecule has 1 aromatic carbocycles. The first-order chi connectivity index (χ1) is 15.2. The third-order valence-electron chi connectivity index (χ3n) is 6.09. The number of Topliss-reactive ketones (excluding diaryl/α,β-unsaturated/α-hetero) is 1. The Morgan fingerprint density at radius 1 is 1.12 bits per heavy atom. The molecule has 1 aromatic heterocycles. The molecule has 1 aliphatic heterocycles. The molecule has 0 saturated heterocycles. The Kier molecular flexibility index (Phi) is 5.63. The molecule has 2 N–H and O–H groups in total. The molecule has 1 atom stereocenters. The number of anilines is 1. The summed E-state index contributed by atoms with van der Waals surface area (Å²) in [7, 11) is 1.62. The van der Waals surface area contributed by atoms with Gasteiger partial charge in [-0.1, -0.05) is 32.0 Å². The maximum atomic E-state index is 13.5. The normalized spacial score (nSPS) is 19.9. The number of carbonyl (C=O) groups is 2. The predicted molar refractivity (Wildman–Crippen MR) is 124 cm³/mol.